The summed E-state index contributed by atoms with van der Waals surface area (Å²) in [5.41, 5.74) is 15.0. The highest BCUT2D eigenvalue weighted by atomic mass is 15.2. The Hall–Kier alpha value is -9.40. The average Bonchev–Trinajstić information content (AvgIpc) is 4.19. The minimum Gasteiger partial charge on any atom is -0.307 e. The van der Waals surface area contributed by atoms with Gasteiger partial charge in [-0.25, -0.2) is 9.97 Å². The fourth-order valence-corrected chi connectivity index (χ4v) is 11.6. The molecule has 16 rings (SSSR count). The van der Waals surface area contributed by atoms with Crippen LogP contribution in [0, 0.1) is 0 Å². The number of aromatic nitrogens is 8. The first-order valence-corrected chi connectivity index (χ1v) is 23.0. The number of nitrogens with zero attached hydrogens (tertiary/aromatic N) is 8. The lowest BCUT2D eigenvalue weighted by Crippen LogP contribution is -2.07. The van der Waals surface area contributed by atoms with Gasteiger partial charge in [-0.15, -0.1) is 0 Å². The summed E-state index contributed by atoms with van der Waals surface area (Å²) in [5.74, 6) is 1.11. The van der Waals surface area contributed by atoms with Crippen LogP contribution in [0.25, 0.3) is 144 Å². The largest absolute Gasteiger partial charge is 0.307 e. The predicted octanol–water partition coefficient (Wildman–Crippen LogP) is 14.5. The third-order valence-corrected chi connectivity index (χ3v) is 14.3. The van der Waals surface area contributed by atoms with Crippen molar-refractivity contribution >= 4 is 98.3 Å². The minimum atomic E-state index is 0.553. The van der Waals surface area contributed by atoms with Gasteiger partial charge in [0.2, 0.25) is 11.9 Å². The normalized spacial score (nSPS) is 12.4. The highest BCUT2D eigenvalue weighted by molar-refractivity contribution is 6.25. The van der Waals surface area contributed by atoms with Crippen LogP contribution in [0.3, 0.4) is 0 Å². The maximum Gasteiger partial charge on any atom is 0.237 e. The molecule has 0 unspecified atom stereocenters. The van der Waals surface area contributed by atoms with Crippen LogP contribution in [0.4, 0.5) is 0 Å². The average molecular weight is 867 g/mol. The second kappa shape index (κ2) is 13.1. The molecule has 0 N–H and O–H groups in total. The van der Waals surface area contributed by atoms with Crippen LogP contribution in [-0.2, 0) is 0 Å². The number of hydrogen-bond acceptors (Lipinski definition) is 4. The highest BCUT2D eigenvalue weighted by Gasteiger charge is 2.31. The molecule has 0 radical (unpaired) electrons. The van der Waals surface area contributed by atoms with Crippen LogP contribution in [-0.4, -0.2) is 38.2 Å². The Morgan fingerprint density at radius 2 is 0.559 bits per heavy atom. The molecule has 6 heterocycles. The lowest BCUT2D eigenvalue weighted by molar-refractivity contribution is 0.976. The highest BCUT2D eigenvalue weighted by Crippen LogP contribution is 2.48. The van der Waals surface area contributed by atoms with Gasteiger partial charge in [-0.3, -0.25) is 9.13 Å². The monoisotopic (exact) mass is 866 g/mol. The Morgan fingerprint density at radius 1 is 0.250 bits per heavy atom. The molecule has 6 aromatic heterocycles. The molecule has 0 atom stereocenters. The van der Waals surface area contributed by atoms with E-state index in [2.05, 4.69) is 225 Å². The Kier molecular flexibility index (Phi) is 6.92. The summed E-state index contributed by atoms with van der Waals surface area (Å²) >= 11 is 0. The van der Waals surface area contributed by atoms with Gasteiger partial charge in [-0.1, -0.05) is 158 Å². The van der Waals surface area contributed by atoms with Crippen molar-refractivity contribution < 1.29 is 0 Å². The van der Waals surface area contributed by atoms with Crippen LogP contribution < -0.4 is 0 Å². The number of fused-ring (bicyclic) bond motifs is 17. The van der Waals surface area contributed by atoms with Gasteiger partial charge in [-0.2, -0.15) is 9.97 Å². The Bertz CT molecular complexity index is 4380. The molecule has 0 aliphatic heterocycles. The van der Waals surface area contributed by atoms with E-state index in [0.29, 0.717) is 17.5 Å². The van der Waals surface area contributed by atoms with Gasteiger partial charge in [0, 0.05) is 65.6 Å². The number of hydrogen-bond donors (Lipinski definition) is 0. The van der Waals surface area contributed by atoms with Gasteiger partial charge in [0.1, 0.15) is 0 Å². The van der Waals surface area contributed by atoms with Crippen molar-refractivity contribution in [3.05, 3.63) is 206 Å². The fourth-order valence-electron chi connectivity index (χ4n) is 11.6. The summed E-state index contributed by atoms with van der Waals surface area (Å²) in [5, 5.41) is 10.1. The zero-order valence-electron chi connectivity index (χ0n) is 36.2. The molecule has 1 aliphatic carbocycles. The first-order chi connectivity index (χ1) is 33.8. The molecule has 68 heavy (non-hydrogen) atoms. The lowest BCUT2D eigenvalue weighted by Gasteiger charge is -2.14. The van der Waals surface area contributed by atoms with E-state index < -0.39 is 0 Å². The van der Waals surface area contributed by atoms with Crippen molar-refractivity contribution in [3.63, 3.8) is 0 Å². The molecule has 0 saturated heterocycles. The molecule has 314 valence electrons. The summed E-state index contributed by atoms with van der Waals surface area (Å²) in [6.45, 7) is 0. The molecule has 15 aromatic rings. The second-order valence-corrected chi connectivity index (χ2v) is 17.8. The van der Waals surface area contributed by atoms with E-state index in [1.807, 2.05) is 0 Å². The summed E-state index contributed by atoms with van der Waals surface area (Å²) in [6, 6.07) is 73.5. The van der Waals surface area contributed by atoms with Crippen LogP contribution in [0.2, 0.25) is 0 Å². The van der Waals surface area contributed by atoms with Crippen LogP contribution in [0.5, 0.6) is 0 Å². The molecular weight excluding hydrogens is 833 g/mol. The molecule has 0 spiro atoms. The topological polar surface area (TPSA) is 71.3 Å². The second-order valence-electron chi connectivity index (χ2n) is 17.8. The SMILES string of the molecule is c1ccc(-n2c3ccccc3c3ccc4c5ccccc5n(-c5nc6c7c(nc(-n8c9ccccc9c9ccc%10c%11ccccc%11n(-c%11ccccc%11)c%10c98)nc7n5)-c5ccccc5-6)c4c32)cc1. The number of para-hydroxylation sites is 6. The maximum atomic E-state index is 5.59. The van der Waals surface area contributed by atoms with Crippen molar-refractivity contribution in [2.45, 2.75) is 0 Å². The van der Waals surface area contributed by atoms with Gasteiger partial charge in [0.05, 0.1) is 60.9 Å². The zero-order chi connectivity index (χ0) is 44.2. The summed E-state index contributed by atoms with van der Waals surface area (Å²) in [6.07, 6.45) is 0. The van der Waals surface area contributed by atoms with E-state index in [-0.39, 0.29) is 0 Å². The van der Waals surface area contributed by atoms with Gasteiger partial charge >= 0.3 is 0 Å². The molecule has 8 nitrogen and oxygen atoms in total. The van der Waals surface area contributed by atoms with Crippen molar-refractivity contribution in [1.82, 2.24) is 38.2 Å². The minimum absolute atomic E-state index is 0.553. The maximum absolute atomic E-state index is 5.59. The van der Waals surface area contributed by atoms with Crippen LogP contribution in [0.1, 0.15) is 0 Å². The standard InChI is InChI=1S/C60H34N8/c1-3-17-35(18-4-1)65-47-27-13-9-21-37(47)43-31-33-45-39-23-11-15-29-49(39)67(56(45)54(43)65)59-61-52-41-25-7-8-26-42(41)53-51(52)58(63-59)64-60(62-53)68-50-30-16-12-24-40(50)46-34-32-44-38-22-10-14-28-48(38)66(55(44)57(46)68)36-19-5-2-6-20-36/h1-34H. The van der Waals surface area contributed by atoms with E-state index in [9.17, 15) is 0 Å². The zero-order valence-corrected chi connectivity index (χ0v) is 36.2. The predicted molar refractivity (Wildman–Crippen MR) is 277 cm³/mol. The van der Waals surface area contributed by atoms with Gasteiger partial charge in [0.25, 0.3) is 0 Å². The lowest BCUT2D eigenvalue weighted by atomic mass is 10.1. The van der Waals surface area contributed by atoms with E-state index in [1.54, 1.807) is 0 Å². The van der Waals surface area contributed by atoms with Crippen LogP contribution in [0.15, 0.2) is 206 Å². The number of benzene rings is 9. The molecule has 0 fully saturated rings. The van der Waals surface area contributed by atoms with Crippen LogP contribution >= 0.6 is 0 Å². The van der Waals surface area contributed by atoms with Gasteiger partial charge < -0.3 is 9.13 Å². The third kappa shape index (κ3) is 4.57. The van der Waals surface area contributed by atoms with Gasteiger partial charge in [-0.05, 0) is 48.5 Å². The first kappa shape index (κ1) is 35.9. The van der Waals surface area contributed by atoms with Crippen molar-refractivity contribution in [2.75, 3.05) is 0 Å². The van der Waals surface area contributed by atoms with E-state index in [4.69, 9.17) is 19.9 Å². The number of rotatable bonds is 4. The smallest absolute Gasteiger partial charge is 0.237 e. The molecule has 0 bridgehead atoms. The quantitative estimate of drug-likeness (QED) is 0.177. The van der Waals surface area contributed by atoms with Crippen molar-refractivity contribution in [3.8, 4) is 45.8 Å². The summed E-state index contributed by atoms with van der Waals surface area (Å²) < 4.78 is 9.33. The Balaban J connectivity index is 1.06. The first-order valence-electron chi connectivity index (χ1n) is 23.0. The molecule has 1 aliphatic rings. The molecule has 9 aromatic carbocycles. The fraction of sp³-hybridized carbons (Fsp3) is 0. The summed E-state index contributed by atoms with van der Waals surface area (Å²) in [7, 11) is 0. The summed E-state index contributed by atoms with van der Waals surface area (Å²) in [4.78, 5) is 22.3. The molecular formula is C60H34N8. The van der Waals surface area contributed by atoms with E-state index >= 15 is 0 Å². The third-order valence-electron chi connectivity index (χ3n) is 14.3. The van der Waals surface area contributed by atoms with E-state index in [1.165, 1.54) is 10.8 Å². The van der Waals surface area contributed by atoms with E-state index in [0.717, 1.165) is 116 Å². The van der Waals surface area contributed by atoms with Gasteiger partial charge in [0.15, 0.2) is 5.65 Å². The molecule has 0 amide bonds. The van der Waals surface area contributed by atoms with Crippen molar-refractivity contribution in [1.29, 1.82) is 0 Å². The Labute approximate surface area is 386 Å². The molecule has 8 heteroatoms. The Morgan fingerprint density at radius 3 is 0.941 bits per heavy atom. The van der Waals surface area contributed by atoms with Crippen molar-refractivity contribution in [2.24, 2.45) is 0 Å². The molecule has 0 saturated carbocycles.